The Labute approximate surface area is 122 Å². The van der Waals surface area contributed by atoms with E-state index in [0.717, 1.165) is 12.1 Å². The van der Waals surface area contributed by atoms with Crippen LogP contribution in [0, 0.1) is 0 Å². The third kappa shape index (κ3) is 5.62. The number of benzene rings is 1. The topological polar surface area (TPSA) is 107 Å². The molecule has 0 saturated carbocycles. The van der Waals surface area contributed by atoms with Crippen LogP contribution in [0.5, 0.6) is 0 Å². The van der Waals surface area contributed by atoms with E-state index in [1.54, 1.807) is 24.3 Å². The van der Waals surface area contributed by atoms with Gasteiger partial charge in [0.05, 0.1) is 6.42 Å². The lowest BCUT2D eigenvalue weighted by atomic mass is 10.1. The number of hydrogen-bond acceptors (Lipinski definition) is 4. The van der Waals surface area contributed by atoms with Crippen molar-refractivity contribution in [2.45, 2.75) is 19.0 Å². The minimum atomic E-state index is -1.45. The Bertz CT molecular complexity index is 525. The lowest BCUT2D eigenvalue weighted by molar-refractivity contribution is -0.145. The van der Waals surface area contributed by atoms with Gasteiger partial charge in [-0.1, -0.05) is 12.1 Å². The van der Waals surface area contributed by atoms with Gasteiger partial charge in [0.15, 0.2) is 0 Å². The lowest BCUT2D eigenvalue weighted by Crippen LogP contribution is -2.42. The van der Waals surface area contributed by atoms with Crippen LogP contribution >= 0.6 is 0 Å². The zero-order chi connectivity index (χ0) is 16.0. The molecule has 0 aliphatic carbocycles. The fourth-order valence-electron chi connectivity index (χ4n) is 1.74. The molecule has 21 heavy (non-hydrogen) atoms. The molecule has 0 aromatic heterocycles. The molecule has 114 valence electrons. The highest BCUT2D eigenvalue weighted by atomic mass is 16.4. The second-order valence-corrected chi connectivity index (χ2v) is 4.90. The molecule has 1 aromatic rings. The summed E-state index contributed by atoms with van der Waals surface area (Å²) < 4.78 is 0. The van der Waals surface area contributed by atoms with Gasteiger partial charge in [-0.15, -0.1) is 0 Å². The number of rotatable bonds is 7. The third-order valence-electron chi connectivity index (χ3n) is 2.70. The van der Waals surface area contributed by atoms with Gasteiger partial charge in [0.2, 0.25) is 0 Å². The van der Waals surface area contributed by atoms with Crippen LogP contribution in [0.2, 0.25) is 0 Å². The Morgan fingerprint density at radius 3 is 2.14 bits per heavy atom. The van der Waals surface area contributed by atoms with Gasteiger partial charge in [-0.25, -0.2) is 4.79 Å². The lowest BCUT2D eigenvalue weighted by Gasteiger charge is -2.13. The minimum absolute atomic E-state index is 0.286. The van der Waals surface area contributed by atoms with Gasteiger partial charge in [0.1, 0.15) is 6.04 Å². The molecule has 0 heterocycles. The van der Waals surface area contributed by atoms with Gasteiger partial charge in [0.25, 0.3) is 5.91 Å². The molecular formula is C14H18N2O5. The molecule has 0 saturated heterocycles. The van der Waals surface area contributed by atoms with E-state index in [1.165, 1.54) is 0 Å². The summed E-state index contributed by atoms with van der Waals surface area (Å²) in [5, 5.41) is 19.7. The van der Waals surface area contributed by atoms with Gasteiger partial charge in [-0.05, 0) is 31.8 Å². The molecule has 0 unspecified atom stereocenters. The molecule has 0 aliphatic rings. The summed E-state index contributed by atoms with van der Waals surface area (Å²) in [6.07, 6.45) is -0.667. The molecule has 1 amide bonds. The predicted molar refractivity (Wildman–Crippen MR) is 75.0 cm³/mol. The molecule has 0 bridgehead atoms. The van der Waals surface area contributed by atoms with E-state index >= 15 is 0 Å². The maximum atomic E-state index is 11.9. The first kappa shape index (κ1) is 16.6. The summed E-state index contributed by atoms with van der Waals surface area (Å²) in [7, 11) is 3.84. The first-order valence-electron chi connectivity index (χ1n) is 6.28. The monoisotopic (exact) mass is 294 g/mol. The summed E-state index contributed by atoms with van der Waals surface area (Å²) in [4.78, 5) is 35.3. The summed E-state index contributed by atoms with van der Waals surface area (Å²) >= 11 is 0. The van der Waals surface area contributed by atoms with E-state index in [9.17, 15) is 14.4 Å². The SMILES string of the molecule is CN(C)Cc1ccc(C(=O)N[C@@H](CC(=O)O)C(=O)O)cc1. The van der Waals surface area contributed by atoms with E-state index in [4.69, 9.17) is 10.2 Å². The van der Waals surface area contributed by atoms with Crippen LogP contribution in [0.4, 0.5) is 0 Å². The molecule has 1 atom stereocenters. The predicted octanol–water partition coefficient (Wildman–Crippen LogP) is 0.406. The molecule has 0 fully saturated rings. The molecule has 1 aromatic carbocycles. The molecule has 0 aliphatic heterocycles. The van der Waals surface area contributed by atoms with Crippen molar-refractivity contribution in [1.29, 1.82) is 0 Å². The van der Waals surface area contributed by atoms with Crippen LogP contribution in [0.15, 0.2) is 24.3 Å². The maximum absolute atomic E-state index is 11.9. The average Bonchev–Trinajstić information content (AvgIpc) is 2.37. The number of carbonyl (C=O) groups excluding carboxylic acids is 1. The summed E-state index contributed by atoms with van der Waals surface area (Å²) in [5.74, 6) is -3.28. The van der Waals surface area contributed by atoms with Crippen molar-refractivity contribution in [3.05, 3.63) is 35.4 Å². The number of nitrogens with one attached hydrogen (secondary N) is 1. The van der Waals surface area contributed by atoms with E-state index in [-0.39, 0.29) is 5.56 Å². The van der Waals surface area contributed by atoms with Crippen LogP contribution in [0.25, 0.3) is 0 Å². The Balaban J connectivity index is 2.73. The van der Waals surface area contributed by atoms with Gasteiger partial charge in [-0.3, -0.25) is 9.59 Å². The number of nitrogens with zero attached hydrogens (tertiary/aromatic N) is 1. The van der Waals surface area contributed by atoms with Crippen molar-refractivity contribution in [1.82, 2.24) is 10.2 Å². The van der Waals surface area contributed by atoms with Crippen molar-refractivity contribution in [2.75, 3.05) is 14.1 Å². The first-order valence-corrected chi connectivity index (χ1v) is 6.28. The van der Waals surface area contributed by atoms with Gasteiger partial charge >= 0.3 is 11.9 Å². The van der Waals surface area contributed by atoms with Gasteiger partial charge < -0.3 is 20.4 Å². The Hall–Kier alpha value is -2.41. The Morgan fingerprint density at radius 1 is 1.14 bits per heavy atom. The highest BCUT2D eigenvalue weighted by Crippen LogP contribution is 2.07. The van der Waals surface area contributed by atoms with E-state index in [2.05, 4.69) is 5.32 Å². The molecule has 7 heteroatoms. The van der Waals surface area contributed by atoms with Crippen LogP contribution in [0.1, 0.15) is 22.3 Å². The molecule has 0 spiro atoms. The van der Waals surface area contributed by atoms with Crippen molar-refractivity contribution in [3.8, 4) is 0 Å². The minimum Gasteiger partial charge on any atom is -0.481 e. The third-order valence-corrected chi connectivity index (χ3v) is 2.70. The van der Waals surface area contributed by atoms with Crippen molar-refractivity contribution < 1.29 is 24.6 Å². The number of hydrogen-bond donors (Lipinski definition) is 3. The number of carbonyl (C=O) groups is 3. The summed E-state index contributed by atoms with van der Waals surface area (Å²) in [6, 6.07) is 5.24. The number of carboxylic acid groups (broad SMARTS) is 2. The van der Waals surface area contributed by atoms with Crippen LogP contribution in [-0.2, 0) is 16.1 Å². The normalized spacial score (nSPS) is 12.0. The van der Waals surface area contributed by atoms with Crippen molar-refractivity contribution in [3.63, 3.8) is 0 Å². The van der Waals surface area contributed by atoms with E-state index < -0.39 is 30.3 Å². The smallest absolute Gasteiger partial charge is 0.326 e. The maximum Gasteiger partial charge on any atom is 0.326 e. The highest BCUT2D eigenvalue weighted by Gasteiger charge is 2.23. The molecule has 0 radical (unpaired) electrons. The summed E-state index contributed by atoms with van der Waals surface area (Å²) in [5.41, 5.74) is 1.30. The quantitative estimate of drug-likeness (QED) is 0.672. The Morgan fingerprint density at radius 2 is 1.71 bits per heavy atom. The van der Waals surface area contributed by atoms with E-state index in [0.29, 0.717) is 0 Å². The van der Waals surface area contributed by atoms with Gasteiger partial charge in [-0.2, -0.15) is 0 Å². The molecule has 7 nitrogen and oxygen atoms in total. The number of amides is 1. The largest absolute Gasteiger partial charge is 0.481 e. The highest BCUT2D eigenvalue weighted by molar-refractivity contribution is 5.97. The van der Waals surface area contributed by atoms with Crippen LogP contribution < -0.4 is 5.32 Å². The van der Waals surface area contributed by atoms with Gasteiger partial charge in [0, 0.05) is 12.1 Å². The Kier molecular flexibility index (Phi) is 5.86. The molecule has 1 rings (SSSR count). The second-order valence-electron chi connectivity index (χ2n) is 4.90. The van der Waals surface area contributed by atoms with Crippen molar-refractivity contribution >= 4 is 17.8 Å². The van der Waals surface area contributed by atoms with Crippen molar-refractivity contribution in [2.24, 2.45) is 0 Å². The average molecular weight is 294 g/mol. The van der Waals surface area contributed by atoms with E-state index in [1.807, 2.05) is 19.0 Å². The number of aliphatic carboxylic acids is 2. The number of carboxylic acids is 2. The fraction of sp³-hybridized carbons (Fsp3) is 0.357. The zero-order valence-electron chi connectivity index (χ0n) is 11.9. The fourth-order valence-corrected chi connectivity index (χ4v) is 1.74. The standard InChI is InChI=1S/C14H18N2O5/c1-16(2)8-9-3-5-10(6-4-9)13(19)15-11(14(20)21)7-12(17)18/h3-6,11H,7-8H2,1-2H3,(H,15,19)(H,17,18)(H,20,21)/t11-/m0/s1. The zero-order valence-corrected chi connectivity index (χ0v) is 11.9. The molecular weight excluding hydrogens is 276 g/mol. The summed E-state index contributed by atoms with van der Waals surface area (Å²) in [6.45, 7) is 0.721. The second kappa shape index (κ2) is 7.39. The van der Waals surface area contributed by atoms with Crippen LogP contribution in [-0.4, -0.2) is 53.1 Å². The first-order chi connectivity index (χ1) is 9.79. The van der Waals surface area contributed by atoms with Crippen LogP contribution in [0.3, 0.4) is 0 Å². The molecule has 3 N–H and O–H groups in total.